The number of thioether (sulfide) groups is 1. The maximum atomic E-state index is 9.08. The lowest BCUT2D eigenvalue weighted by Gasteiger charge is -2.28. The van der Waals surface area contributed by atoms with Crippen LogP contribution in [-0.2, 0) is 0 Å². The van der Waals surface area contributed by atoms with Crippen LogP contribution in [0.2, 0.25) is 0 Å². The zero-order valence-electron chi connectivity index (χ0n) is 8.68. The Morgan fingerprint density at radius 3 is 2.54 bits per heavy atom. The number of aliphatic hydroxyl groups excluding tert-OH is 1. The molecule has 1 rings (SSSR count). The molecular formula is C10H21NOS. The highest BCUT2D eigenvalue weighted by Gasteiger charge is 2.19. The Morgan fingerprint density at radius 1 is 1.38 bits per heavy atom. The normalized spacial score (nSPS) is 20.5. The molecule has 0 aromatic carbocycles. The lowest BCUT2D eigenvalue weighted by molar-refractivity contribution is 0.152. The zero-order chi connectivity index (χ0) is 9.73. The molecule has 1 aliphatic heterocycles. The first-order chi connectivity index (χ1) is 6.14. The first-order valence-electron chi connectivity index (χ1n) is 5.06. The number of aliphatic hydroxyl groups is 1. The van der Waals surface area contributed by atoms with Crippen molar-refractivity contribution in [2.45, 2.75) is 32.7 Å². The van der Waals surface area contributed by atoms with Crippen LogP contribution >= 0.6 is 11.8 Å². The van der Waals surface area contributed by atoms with E-state index in [-0.39, 0.29) is 12.0 Å². The average Bonchev–Trinajstić information content (AvgIpc) is 2.17. The summed E-state index contributed by atoms with van der Waals surface area (Å²) in [5.41, 5.74) is 0.0323. The Hall–Kier alpha value is 0.270. The minimum Gasteiger partial charge on any atom is -0.396 e. The fourth-order valence-electron chi connectivity index (χ4n) is 1.38. The van der Waals surface area contributed by atoms with Crippen molar-refractivity contribution in [1.29, 1.82) is 0 Å². The van der Waals surface area contributed by atoms with Gasteiger partial charge in [0.1, 0.15) is 0 Å². The predicted molar refractivity (Wildman–Crippen MR) is 59.2 cm³/mol. The highest BCUT2D eigenvalue weighted by molar-refractivity contribution is 7.99. The van der Waals surface area contributed by atoms with Crippen LogP contribution in [0, 0.1) is 5.41 Å². The predicted octanol–water partition coefficient (Wildman–Crippen LogP) is 1.49. The van der Waals surface area contributed by atoms with Gasteiger partial charge in [0.05, 0.1) is 0 Å². The van der Waals surface area contributed by atoms with Gasteiger partial charge in [0.15, 0.2) is 0 Å². The van der Waals surface area contributed by atoms with Crippen LogP contribution in [0.25, 0.3) is 0 Å². The zero-order valence-corrected chi connectivity index (χ0v) is 9.49. The largest absolute Gasteiger partial charge is 0.396 e. The van der Waals surface area contributed by atoms with Crippen LogP contribution in [0.4, 0.5) is 0 Å². The van der Waals surface area contributed by atoms with Gasteiger partial charge in [-0.25, -0.2) is 0 Å². The Kier molecular flexibility index (Phi) is 4.56. The molecule has 0 spiro atoms. The number of rotatable bonds is 4. The van der Waals surface area contributed by atoms with Crippen molar-refractivity contribution in [3.05, 3.63) is 0 Å². The summed E-state index contributed by atoms with van der Waals surface area (Å²) in [7, 11) is 0. The highest BCUT2D eigenvalue weighted by atomic mass is 32.2. The van der Waals surface area contributed by atoms with Gasteiger partial charge in [-0.1, -0.05) is 13.8 Å². The van der Waals surface area contributed by atoms with E-state index in [2.05, 4.69) is 19.2 Å². The molecule has 1 saturated heterocycles. The van der Waals surface area contributed by atoms with E-state index in [0.29, 0.717) is 6.04 Å². The van der Waals surface area contributed by atoms with Crippen molar-refractivity contribution in [1.82, 2.24) is 5.32 Å². The maximum Gasteiger partial charge on any atom is 0.0494 e. The van der Waals surface area contributed by atoms with Gasteiger partial charge in [-0.15, -0.1) is 0 Å². The molecule has 0 bridgehead atoms. The lowest BCUT2D eigenvalue weighted by atomic mass is 9.94. The van der Waals surface area contributed by atoms with E-state index < -0.39 is 0 Å². The molecule has 2 N–H and O–H groups in total. The Labute approximate surface area is 85.5 Å². The van der Waals surface area contributed by atoms with Crippen LogP contribution in [0.1, 0.15) is 26.7 Å². The van der Waals surface area contributed by atoms with Crippen LogP contribution in [-0.4, -0.2) is 35.8 Å². The third kappa shape index (κ3) is 4.34. The molecule has 0 aromatic heterocycles. The molecule has 1 heterocycles. The molecule has 1 aliphatic rings. The SMILES string of the molecule is CC(C)(CO)CNC1CCSCC1. The van der Waals surface area contributed by atoms with Crippen LogP contribution in [0.3, 0.4) is 0 Å². The third-order valence-electron chi connectivity index (χ3n) is 2.52. The molecule has 0 aliphatic carbocycles. The summed E-state index contributed by atoms with van der Waals surface area (Å²) in [6.07, 6.45) is 2.57. The molecule has 3 heteroatoms. The summed E-state index contributed by atoms with van der Waals surface area (Å²) in [6, 6.07) is 0.687. The third-order valence-corrected chi connectivity index (χ3v) is 3.57. The second-order valence-corrected chi connectivity index (χ2v) is 5.81. The van der Waals surface area contributed by atoms with Gasteiger partial charge >= 0.3 is 0 Å². The summed E-state index contributed by atoms with van der Waals surface area (Å²) < 4.78 is 0. The van der Waals surface area contributed by atoms with Crippen LogP contribution < -0.4 is 5.32 Å². The van der Waals surface area contributed by atoms with E-state index in [4.69, 9.17) is 5.11 Å². The standard InChI is InChI=1S/C10H21NOS/c1-10(2,8-12)7-11-9-3-5-13-6-4-9/h9,11-12H,3-8H2,1-2H3. The van der Waals surface area contributed by atoms with Crippen molar-refractivity contribution >= 4 is 11.8 Å². The fourth-order valence-corrected chi connectivity index (χ4v) is 2.48. The van der Waals surface area contributed by atoms with Gasteiger partial charge < -0.3 is 10.4 Å². The van der Waals surface area contributed by atoms with E-state index in [1.165, 1.54) is 24.3 Å². The molecule has 0 atom stereocenters. The van der Waals surface area contributed by atoms with Gasteiger partial charge in [-0.3, -0.25) is 0 Å². The molecule has 0 unspecified atom stereocenters. The van der Waals surface area contributed by atoms with Gasteiger partial charge in [0.2, 0.25) is 0 Å². The monoisotopic (exact) mass is 203 g/mol. The Morgan fingerprint density at radius 2 is 2.00 bits per heavy atom. The minimum atomic E-state index is 0.0323. The number of nitrogens with one attached hydrogen (secondary N) is 1. The summed E-state index contributed by atoms with van der Waals surface area (Å²) >= 11 is 2.05. The highest BCUT2D eigenvalue weighted by Crippen LogP contribution is 2.18. The fraction of sp³-hybridized carbons (Fsp3) is 1.00. The number of hydrogen-bond donors (Lipinski definition) is 2. The topological polar surface area (TPSA) is 32.3 Å². The summed E-state index contributed by atoms with van der Waals surface area (Å²) in [4.78, 5) is 0. The van der Waals surface area contributed by atoms with Crippen molar-refractivity contribution in [2.24, 2.45) is 5.41 Å². The summed E-state index contributed by atoms with van der Waals surface area (Å²) in [5, 5.41) is 12.6. The van der Waals surface area contributed by atoms with Crippen molar-refractivity contribution in [3.8, 4) is 0 Å². The van der Waals surface area contributed by atoms with Crippen LogP contribution in [0.5, 0.6) is 0 Å². The molecule has 2 nitrogen and oxygen atoms in total. The molecule has 0 saturated carbocycles. The van der Waals surface area contributed by atoms with Gasteiger partial charge in [-0.2, -0.15) is 11.8 Å². The van der Waals surface area contributed by atoms with Gasteiger partial charge in [0, 0.05) is 24.6 Å². The average molecular weight is 203 g/mol. The second-order valence-electron chi connectivity index (χ2n) is 4.59. The molecule has 78 valence electrons. The van der Waals surface area contributed by atoms with E-state index >= 15 is 0 Å². The molecule has 0 radical (unpaired) electrons. The van der Waals surface area contributed by atoms with E-state index in [1.807, 2.05) is 11.8 Å². The quantitative estimate of drug-likeness (QED) is 0.726. The minimum absolute atomic E-state index is 0.0323. The summed E-state index contributed by atoms with van der Waals surface area (Å²) in [6.45, 7) is 5.38. The molecule has 0 amide bonds. The van der Waals surface area contributed by atoms with E-state index in [9.17, 15) is 0 Å². The van der Waals surface area contributed by atoms with Gasteiger partial charge in [0.25, 0.3) is 0 Å². The molecule has 1 fully saturated rings. The van der Waals surface area contributed by atoms with Crippen molar-refractivity contribution in [3.63, 3.8) is 0 Å². The van der Waals surface area contributed by atoms with Crippen molar-refractivity contribution in [2.75, 3.05) is 24.7 Å². The van der Waals surface area contributed by atoms with E-state index in [0.717, 1.165) is 6.54 Å². The first-order valence-corrected chi connectivity index (χ1v) is 6.21. The Bertz CT molecular complexity index is 144. The van der Waals surface area contributed by atoms with E-state index in [1.54, 1.807) is 0 Å². The van der Waals surface area contributed by atoms with Crippen molar-refractivity contribution < 1.29 is 5.11 Å². The molecular weight excluding hydrogens is 182 g/mol. The summed E-state index contributed by atoms with van der Waals surface area (Å²) in [5.74, 6) is 2.58. The molecule has 13 heavy (non-hydrogen) atoms. The lowest BCUT2D eigenvalue weighted by Crippen LogP contribution is -2.40. The smallest absolute Gasteiger partial charge is 0.0494 e. The second kappa shape index (κ2) is 5.23. The Balaban J connectivity index is 2.17. The first kappa shape index (κ1) is 11.3. The van der Waals surface area contributed by atoms with Gasteiger partial charge in [-0.05, 0) is 24.3 Å². The van der Waals surface area contributed by atoms with Crippen LogP contribution in [0.15, 0.2) is 0 Å². The number of hydrogen-bond acceptors (Lipinski definition) is 3. The molecule has 0 aromatic rings. The maximum absolute atomic E-state index is 9.08.